The fraction of sp³-hybridized carbons (Fsp3) is 1.00. The molecule has 0 atom stereocenters. The molecule has 0 rings (SSSR count). The predicted molar refractivity (Wildman–Crippen MR) is 106 cm³/mol. The van der Waals surface area contributed by atoms with Crippen LogP contribution in [0.3, 0.4) is 0 Å². The molecule has 0 aromatic heterocycles. The Morgan fingerprint density at radius 3 is 0.905 bits per heavy atom. The van der Waals surface area contributed by atoms with Crippen LogP contribution < -0.4 is 0 Å². The van der Waals surface area contributed by atoms with E-state index in [0.717, 1.165) is 0 Å². The molecule has 0 radical (unpaired) electrons. The van der Waals surface area contributed by atoms with Crippen molar-refractivity contribution >= 4 is 40.9 Å². The maximum absolute atomic E-state index is 6.50. The summed E-state index contributed by atoms with van der Waals surface area (Å²) in [5.74, 6) is 0. The third-order valence-electron chi connectivity index (χ3n) is 1.59. The Morgan fingerprint density at radius 2 is 0.762 bits per heavy atom. The molecule has 0 aromatic rings. The number of hydrogen-bond donors (Lipinski definition) is 0. The second-order valence-corrected chi connectivity index (χ2v) is 30.3. The molecule has 0 N–H and O–H groups in total. The Hall–Kier alpha value is 0.978. The molecular formula is C12H36NO3PSi4. The van der Waals surface area contributed by atoms with Gasteiger partial charge in [0.2, 0.25) is 0 Å². The Labute approximate surface area is 136 Å². The van der Waals surface area contributed by atoms with Gasteiger partial charge in [0.15, 0.2) is 33.2 Å². The third kappa shape index (κ3) is 12.1. The summed E-state index contributed by atoms with van der Waals surface area (Å²) in [4.78, 5) is 0. The summed E-state index contributed by atoms with van der Waals surface area (Å²) in [7, 11) is -9.80. The molecule has 0 unspecified atom stereocenters. The van der Waals surface area contributed by atoms with Gasteiger partial charge in [-0.25, -0.2) is 0 Å². The SMILES string of the molecule is C[Si](C)(C)N=P(O[Si](C)(C)C)(O[Si](C)(C)C)O[Si](C)(C)C. The Morgan fingerprint density at radius 1 is 0.524 bits per heavy atom. The van der Waals surface area contributed by atoms with Crippen LogP contribution in [-0.2, 0) is 12.6 Å². The van der Waals surface area contributed by atoms with Gasteiger partial charge in [-0.1, -0.05) is 0 Å². The summed E-state index contributed by atoms with van der Waals surface area (Å²) in [5, 5.41) is 0. The van der Waals surface area contributed by atoms with E-state index in [4.69, 9.17) is 17.0 Å². The van der Waals surface area contributed by atoms with E-state index in [1.807, 2.05) is 0 Å². The summed E-state index contributed by atoms with van der Waals surface area (Å²) < 4.78 is 24.6. The zero-order valence-electron chi connectivity index (χ0n) is 16.1. The van der Waals surface area contributed by atoms with E-state index >= 15 is 0 Å². The summed E-state index contributed by atoms with van der Waals surface area (Å²) in [5.41, 5.74) is 0. The summed E-state index contributed by atoms with van der Waals surface area (Å²) in [6.07, 6.45) is 0. The zero-order chi connectivity index (χ0) is 17.3. The maximum Gasteiger partial charge on any atom is 0.316 e. The van der Waals surface area contributed by atoms with E-state index in [1.54, 1.807) is 0 Å². The molecule has 0 bridgehead atoms. The molecule has 0 aliphatic carbocycles. The highest BCUT2D eigenvalue weighted by atomic mass is 31.2. The molecule has 0 aromatic carbocycles. The van der Waals surface area contributed by atoms with Crippen LogP contribution in [0.5, 0.6) is 0 Å². The second-order valence-electron chi connectivity index (χ2n) is 9.35. The smallest absolute Gasteiger partial charge is 0.316 e. The third-order valence-corrected chi connectivity index (χ3v) is 14.3. The molecule has 0 aliphatic rings. The normalized spacial score (nSPS) is 15.2. The van der Waals surface area contributed by atoms with Gasteiger partial charge in [-0.2, -0.15) is 0 Å². The van der Waals surface area contributed by atoms with Crippen molar-refractivity contribution in [3.8, 4) is 0 Å². The molecule has 0 aliphatic heterocycles. The minimum atomic E-state index is -2.61. The first-order valence-corrected chi connectivity index (χ1v) is 22.8. The summed E-state index contributed by atoms with van der Waals surface area (Å²) in [6.45, 7) is 26.3. The molecule has 21 heavy (non-hydrogen) atoms. The average Bonchev–Trinajstić information content (AvgIpc) is 1.83. The predicted octanol–water partition coefficient (Wildman–Crippen LogP) is 6.32. The van der Waals surface area contributed by atoms with Crippen LogP contribution in [-0.4, -0.2) is 33.2 Å². The molecule has 0 amide bonds. The molecule has 0 fully saturated rings. The maximum atomic E-state index is 6.50. The summed E-state index contributed by atoms with van der Waals surface area (Å²) in [6, 6.07) is 0. The van der Waals surface area contributed by atoms with Crippen molar-refractivity contribution in [1.29, 1.82) is 0 Å². The molecule has 9 heteroatoms. The lowest BCUT2D eigenvalue weighted by Gasteiger charge is -2.39. The van der Waals surface area contributed by atoms with Gasteiger partial charge in [-0.05, 0) is 78.6 Å². The fourth-order valence-electron chi connectivity index (χ4n) is 1.52. The Bertz CT molecular complexity index is 355. The monoisotopic (exact) mass is 385 g/mol. The van der Waals surface area contributed by atoms with Gasteiger partial charge in [-0.3, -0.25) is 4.41 Å². The van der Waals surface area contributed by atoms with Crippen LogP contribution in [0, 0.1) is 0 Å². The average molecular weight is 386 g/mol. The van der Waals surface area contributed by atoms with Gasteiger partial charge in [0.25, 0.3) is 0 Å². The van der Waals surface area contributed by atoms with Gasteiger partial charge >= 0.3 is 7.74 Å². The Kier molecular flexibility index (Phi) is 7.16. The van der Waals surface area contributed by atoms with Gasteiger partial charge in [0, 0.05) is 0 Å². The highest BCUT2D eigenvalue weighted by Gasteiger charge is 2.40. The van der Waals surface area contributed by atoms with Crippen LogP contribution in [0.1, 0.15) is 0 Å². The van der Waals surface area contributed by atoms with Gasteiger partial charge in [-0.15, -0.1) is 0 Å². The minimum Gasteiger partial charge on any atom is -0.347 e. The summed E-state index contributed by atoms with van der Waals surface area (Å²) >= 11 is 0. The van der Waals surface area contributed by atoms with Crippen molar-refractivity contribution < 1.29 is 12.6 Å². The number of hydrogen-bond acceptors (Lipinski definition) is 4. The van der Waals surface area contributed by atoms with Crippen molar-refractivity contribution in [3.05, 3.63) is 0 Å². The molecule has 0 saturated heterocycles. The molecule has 0 spiro atoms. The quantitative estimate of drug-likeness (QED) is 0.380. The highest BCUT2D eigenvalue weighted by Crippen LogP contribution is 2.60. The van der Waals surface area contributed by atoms with Gasteiger partial charge in [0.05, 0.1) is 0 Å². The van der Waals surface area contributed by atoms with Crippen molar-refractivity contribution in [2.45, 2.75) is 78.6 Å². The molecule has 0 saturated carbocycles. The van der Waals surface area contributed by atoms with Gasteiger partial charge < -0.3 is 12.6 Å². The van der Waals surface area contributed by atoms with Crippen molar-refractivity contribution in [2.24, 2.45) is 4.41 Å². The second kappa shape index (κ2) is 6.84. The number of rotatable bonds is 7. The lowest BCUT2D eigenvalue weighted by Crippen LogP contribution is -2.36. The Balaban J connectivity index is 6.02. The lowest BCUT2D eigenvalue weighted by molar-refractivity contribution is 0.366. The van der Waals surface area contributed by atoms with Crippen LogP contribution in [0.25, 0.3) is 0 Å². The van der Waals surface area contributed by atoms with Crippen LogP contribution in [0.4, 0.5) is 0 Å². The first kappa shape index (κ1) is 22.0. The first-order valence-electron chi connectivity index (χ1n) is 7.58. The van der Waals surface area contributed by atoms with E-state index in [-0.39, 0.29) is 0 Å². The van der Waals surface area contributed by atoms with E-state index in [0.29, 0.717) is 0 Å². The van der Waals surface area contributed by atoms with E-state index in [2.05, 4.69) is 78.6 Å². The van der Waals surface area contributed by atoms with Crippen molar-refractivity contribution in [1.82, 2.24) is 0 Å². The fourth-order valence-corrected chi connectivity index (χ4v) is 15.8. The highest BCUT2D eigenvalue weighted by molar-refractivity contribution is 7.57. The molecule has 0 heterocycles. The molecular weight excluding hydrogens is 349 g/mol. The molecule has 4 nitrogen and oxygen atoms in total. The largest absolute Gasteiger partial charge is 0.347 e. The van der Waals surface area contributed by atoms with Crippen molar-refractivity contribution in [3.63, 3.8) is 0 Å². The zero-order valence-corrected chi connectivity index (χ0v) is 21.0. The lowest BCUT2D eigenvalue weighted by atomic mass is 11.8. The van der Waals surface area contributed by atoms with E-state index in [9.17, 15) is 0 Å². The minimum absolute atomic E-state index is 1.73. The van der Waals surface area contributed by atoms with Crippen molar-refractivity contribution in [2.75, 3.05) is 0 Å². The van der Waals surface area contributed by atoms with Crippen LogP contribution in [0.2, 0.25) is 78.6 Å². The topological polar surface area (TPSA) is 40.0 Å². The molecule has 128 valence electrons. The standard InChI is InChI=1S/C12H36NO3PSi4/c1-18(2,3)13-17(14-19(4,5)6,15-20(7,8)9)16-21(10,11)12/h1-12H3. The van der Waals surface area contributed by atoms with Crippen LogP contribution >= 0.6 is 7.74 Å². The van der Waals surface area contributed by atoms with Gasteiger partial charge in [0.1, 0.15) is 0 Å². The van der Waals surface area contributed by atoms with E-state index in [1.165, 1.54) is 0 Å². The van der Waals surface area contributed by atoms with E-state index < -0.39 is 40.9 Å². The van der Waals surface area contributed by atoms with Crippen LogP contribution in [0.15, 0.2) is 4.41 Å². The first-order chi connectivity index (χ1) is 8.83. The number of nitrogens with zero attached hydrogens (tertiary/aromatic N) is 1.